The maximum Gasteiger partial charge on any atom is 0.137 e. The van der Waals surface area contributed by atoms with Crippen molar-refractivity contribution in [1.82, 2.24) is 0 Å². The van der Waals surface area contributed by atoms with Crippen LogP contribution in [-0.4, -0.2) is 0 Å². The molecule has 11 rings (SSSR count). The molecular formula is C54H35NO. The number of fused-ring (bicyclic) bond motifs is 7. The summed E-state index contributed by atoms with van der Waals surface area (Å²) in [6.07, 6.45) is 0. The molecule has 0 spiro atoms. The highest BCUT2D eigenvalue weighted by Crippen LogP contribution is 2.46. The maximum absolute atomic E-state index is 6.45. The van der Waals surface area contributed by atoms with E-state index in [4.69, 9.17) is 4.42 Å². The number of benzene rings is 10. The summed E-state index contributed by atoms with van der Waals surface area (Å²) in [5, 5.41) is 9.72. The number of nitrogens with zero attached hydrogens (tertiary/aromatic N) is 1. The molecule has 2 nitrogen and oxygen atoms in total. The van der Waals surface area contributed by atoms with Crippen LogP contribution in [0.4, 0.5) is 17.1 Å². The van der Waals surface area contributed by atoms with Gasteiger partial charge in [0.25, 0.3) is 0 Å². The third kappa shape index (κ3) is 5.42. The Hall–Kier alpha value is -7.42. The first-order valence-corrected chi connectivity index (χ1v) is 19.2. The van der Waals surface area contributed by atoms with Crippen molar-refractivity contribution in [2.45, 2.75) is 0 Å². The lowest BCUT2D eigenvalue weighted by Gasteiger charge is -2.29. The number of anilines is 3. The van der Waals surface area contributed by atoms with Crippen molar-refractivity contribution < 1.29 is 4.42 Å². The molecule has 1 heterocycles. The molecule has 0 radical (unpaired) electrons. The summed E-state index contributed by atoms with van der Waals surface area (Å²) >= 11 is 0. The Bertz CT molecular complexity index is 3260. The van der Waals surface area contributed by atoms with Crippen LogP contribution in [-0.2, 0) is 0 Å². The van der Waals surface area contributed by atoms with Gasteiger partial charge in [0.1, 0.15) is 11.2 Å². The first-order valence-electron chi connectivity index (χ1n) is 19.2. The van der Waals surface area contributed by atoms with Gasteiger partial charge in [-0.05, 0) is 109 Å². The van der Waals surface area contributed by atoms with Gasteiger partial charge in [-0.2, -0.15) is 0 Å². The van der Waals surface area contributed by atoms with E-state index in [0.717, 1.165) is 55.7 Å². The van der Waals surface area contributed by atoms with E-state index in [2.05, 4.69) is 211 Å². The molecule has 0 aliphatic rings. The van der Waals surface area contributed by atoms with Gasteiger partial charge in [-0.3, -0.25) is 0 Å². The second-order valence-electron chi connectivity index (χ2n) is 14.5. The minimum absolute atomic E-state index is 0.865. The van der Waals surface area contributed by atoms with Gasteiger partial charge < -0.3 is 9.32 Å². The largest absolute Gasteiger partial charge is 0.456 e. The average molecular weight is 714 g/mol. The molecule has 0 fully saturated rings. The Labute approximate surface area is 325 Å². The summed E-state index contributed by atoms with van der Waals surface area (Å²) in [5.41, 5.74) is 12.0. The first kappa shape index (κ1) is 32.0. The van der Waals surface area contributed by atoms with Gasteiger partial charge in [0, 0.05) is 16.6 Å². The van der Waals surface area contributed by atoms with E-state index in [1.54, 1.807) is 0 Å². The zero-order chi connectivity index (χ0) is 37.0. The summed E-state index contributed by atoms with van der Waals surface area (Å²) in [4.78, 5) is 2.41. The van der Waals surface area contributed by atoms with Gasteiger partial charge in [0.2, 0.25) is 0 Å². The lowest BCUT2D eigenvalue weighted by atomic mass is 9.96. The van der Waals surface area contributed by atoms with Gasteiger partial charge in [0.05, 0.1) is 16.8 Å². The Morgan fingerprint density at radius 2 is 0.875 bits per heavy atom. The molecule has 0 N–H and O–H groups in total. The summed E-state index contributed by atoms with van der Waals surface area (Å²) in [5.74, 6) is 0. The molecular weight excluding hydrogens is 679 g/mol. The molecule has 0 saturated heterocycles. The van der Waals surface area contributed by atoms with E-state index >= 15 is 0 Å². The third-order valence-electron chi connectivity index (χ3n) is 11.2. The maximum atomic E-state index is 6.45. The van der Waals surface area contributed by atoms with E-state index in [9.17, 15) is 0 Å². The van der Waals surface area contributed by atoms with Gasteiger partial charge in [-0.25, -0.2) is 0 Å². The molecule has 0 atom stereocenters. The van der Waals surface area contributed by atoms with Crippen molar-refractivity contribution in [1.29, 1.82) is 0 Å². The van der Waals surface area contributed by atoms with E-state index < -0.39 is 0 Å². The van der Waals surface area contributed by atoms with Crippen molar-refractivity contribution in [2.24, 2.45) is 0 Å². The van der Waals surface area contributed by atoms with Crippen LogP contribution in [0, 0.1) is 0 Å². The highest BCUT2D eigenvalue weighted by atomic mass is 16.3. The normalized spacial score (nSPS) is 11.6. The number of para-hydroxylation sites is 2. The Kier molecular flexibility index (Phi) is 7.53. The van der Waals surface area contributed by atoms with Crippen molar-refractivity contribution in [2.75, 3.05) is 4.90 Å². The zero-order valence-electron chi connectivity index (χ0n) is 30.6. The predicted octanol–water partition coefficient (Wildman–Crippen LogP) is 15.5. The van der Waals surface area contributed by atoms with Crippen molar-refractivity contribution in [3.8, 4) is 33.4 Å². The van der Waals surface area contributed by atoms with Gasteiger partial charge in [-0.1, -0.05) is 164 Å². The van der Waals surface area contributed by atoms with Gasteiger partial charge >= 0.3 is 0 Å². The smallest absolute Gasteiger partial charge is 0.137 e. The third-order valence-corrected chi connectivity index (χ3v) is 11.2. The van der Waals surface area contributed by atoms with Crippen LogP contribution in [0.15, 0.2) is 217 Å². The van der Waals surface area contributed by atoms with Crippen LogP contribution in [0.3, 0.4) is 0 Å². The Morgan fingerprint density at radius 1 is 0.304 bits per heavy atom. The predicted molar refractivity (Wildman–Crippen MR) is 237 cm³/mol. The van der Waals surface area contributed by atoms with Gasteiger partial charge in [0.15, 0.2) is 0 Å². The van der Waals surface area contributed by atoms with E-state index in [-0.39, 0.29) is 0 Å². The second kappa shape index (κ2) is 13.2. The highest BCUT2D eigenvalue weighted by molar-refractivity contribution is 6.14. The van der Waals surface area contributed by atoms with Crippen molar-refractivity contribution in [3.05, 3.63) is 212 Å². The van der Waals surface area contributed by atoms with Crippen LogP contribution in [0.2, 0.25) is 0 Å². The number of furan rings is 1. The molecule has 0 bridgehead atoms. The van der Waals surface area contributed by atoms with Crippen LogP contribution in [0.1, 0.15) is 0 Å². The summed E-state index contributed by atoms with van der Waals surface area (Å²) in [6.45, 7) is 0. The molecule has 0 unspecified atom stereocenters. The summed E-state index contributed by atoms with van der Waals surface area (Å²) in [7, 11) is 0. The quantitative estimate of drug-likeness (QED) is 0.160. The van der Waals surface area contributed by atoms with Crippen molar-refractivity contribution >= 4 is 71.3 Å². The molecule has 0 saturated carbocycles. The summed E-state index contributed by atoms with van der Waals surface area (Å²) in [6, 6.07) is 76.6. The lowest BCUT2D eigenvalue weighted by molar-refractivity contribution is 0.669. The SMILES string of the molecule is c1cc(-c2ccc3c(ccc4ccccc43)c2)cc(N(c2ccccc2-c2ccc(-c3ccc4ccccc4c3)cc2)c2cccc3oc4ccccc4c23)c1. The standard InChI is InChI=1S/C54H35NO/c1-2-13-40-33-42(29-25-36(40)11-1)37-23-26-39(27-24-37)48-17-5-7-19-50(48)55(51-20-10-22-53-54(51)49-18-6-8-21-52(49)56-53)45-15-9-14-41(35-45)43-31-32-47-44(34-43)30-28-38-12-3-4-16-46(38)47/h1-35H. The summed E-state index contributed by atoms with van der Waals surface area (Å²) < 4.78 is 6.45. The minimum atomic E-state index is 0.865. The van der Waals surface area contributed by atoms with E-state index in [0.29, 0.717) is 0 Å². The van der Waals surface area contributed by atoms with Crippen LogP contribution in [0.5, 0.6) is 0 Å². The van der Waals surface area contributed by atoms with Crippen LogP contribution in [0.25, 0.3) is 87.6 Å². The molecule has 1 aromatic heterocycles. The van der Waals surface area contributed by atoms with Crippen LogP contribution >= 0.6 is 0 Å². The van der Waals surface area contributed by atoms with Crippen molar-refractivity contribution in [3.63, 3.8) is 0 Å². The second-order valence-corrected chi connectivity index (χ2v) is 14.5. The number of hydrogen-bond donors (Lipinski definition) is 0. The van der Waals surface area contributed by atoms with Gasteiger partial charge in [-0.15, -0.1) is 0 Å². The zero-order valence-corrected chi connectivity index (χ0v) is 30.6. The Morgan fingerprint density at radius 3 is 1.79 bits per heavy atom. The van der Waals surface area contributed by atoms with E-state index in [1.807, 2.05) is 6.07 Å². The molecule has 0 aliphatic heterocycles. The Balaban J connectivity index is 1.07. The first-order chi connectivity index (χ1) is 27.7. The lowest BCUT2D eigenvalue weighted by Crippen LogP contribution is -2.11. The van der Waals surface area contributed by atoms with E-state index in [1.165, 1.54) is 49.0 Å². The topological polar surface area (TPSA) is 16.4 Å². The highest BCUT2D eigenvalue weighted by Gasteiger charge is 2.22. The molecule has 0 amide bonds. The fourth-order valence-corrected chi connectivity index (χ4v) is 8.49. The molecule has 0 aliphatic carbocycles. The van der Waals surface area contributed by atoms with Crippen LogP contribution < -0.4 is 4.90 Å². The molecule has 10 aromatic carbocycles. The fraction of sp³-hybridized carbons (Fsp3) is 0. The molecule has 11 aromatic rings. The number of hydrogen-bond acceptors (Lipinski definition) is 2. The fourth-order valence-electron chi connectivity index (χ4n) is 8.49. The minimum Gasteiger partial charge on any atom is -0.456 e. The number of rotatable bonds is 6. The molecule has 2 heteroatoms. The monoisotopic (exact) mass is 713 g/mol. The molecule has 56 heavy (non-hydrogen) atoms. The average Bonchev–Trinajstić information content (AvgIpc) is 3.66. The molecule has 262 valence electrons.